The molecule has 0 bridgehead atoms. The molecule has 0 unspecified atom stereocenters. The summed E-state index contributed by atoms with van der Waals surface area (Å²) in [7, 11) is -3.95. The number of aryl methyl sites for hydroxylation is 1. The van der Waals surface area contributed by atoms with Crippen molar-refractivity contribution < 1.29 is 17.4 Å². The summed E-state index contributed by atoms with van der Waals surface area (Å²) >= 11 is 0. The summed E-state index contributed by atoms with van der Waals surface area (Å²) in [5.74, 6) is -0.0478. The number of amides is 1. The molecular formula is C19H22N2O4S. The van der Waals surface area contributed by atoms with Crippen LogP contribution in [0.3, 0.4) is 0 Å². The molecular weight excluding hydrogens is 352 g/mol. The molecule has 1 amide bonds. The van der Waals surface area contributed by atoms with Gasteiger partial charge in [0.25, 0.3) is 0 Å². The summed E-state index contributed by atoms with van der Waals surface area (Å²) in [4.78, 5) is 11.6. The fraction of sp³-hybridized carbons (Fsp3) is 0.263. The summed E-state index contributed by atoms with van der Waals surface area (Å²) in [6, 6.07) is 13.0. The number of nitrogens with one attached hydrogen (secondary N) is 1. The third kappa shape index (κ3) is 5.70. The Morgan fingerprint density at radius 1 is 1.15 bits per heavy atom. The van der Waals surface area contributed by atoms with Crippen molar-refractivity contribution in [3.05, 3.63) is 59.7 Å². The molecule has 0 spiro atoms. The zero-order valence-electron chi connectivity index (χ0n) is 14.8. The first-order valence-corrected chi connectivity index (χ1v) is 9.75. The van der Waals surface area contributed by atoms with Crippen molar-refractivity contribution in [2.24, 2.45) is 5.10 Å². The fourth-order valence-corrected chi connectivity index (χ4v) is 3.06. The van der Waals surface area contributed by atoms with Crippen LogP contribution in [0.1, 0.15) is 37.3 Å². The second-order valence-corrected chi connectivity index (χ2v) is 7.33. The number of unbranched alkanes of at least 4 members (excludes halogenated alkanes) is 1. The Balaban J connectivity index is 2.13. The minimum absolute atomic E-state index is 0.0720. The number of rotatable bonds is 8. The van der Waals surface area contributed by atoms with E-state index in [2.05, 4.69) is 10.5 Å². The molecule has 0 aromatic heterocycles. The molecule has 0 radical (unpaired) electrons. The van der Waals surface area contributed by atoms with Crippen LogP contribution in [0.4, 0.5) is 0 Å². The maximum Gasteiger partial charge on any atom is 0.339 e. The number of hydrogen-bond donors (Lipinski definition) is 1. The minimum Gasteiger partial charge on any atom is -0.378 e. The topological polar surface area (TPSA) is 84.8 Å². The Bertz CT molecular complexity index is 875. The Kier molecular flexibility index (Phi) is 6.91. The average Bonchev–Trinajstić information content (AvgIpc) is 2.61. The number of nitrogens with zero attached hydrogens (tertiary/aromatic N) is 1. The zero-order chi connectivity index (χ0) is 19.0. The summed E-state index contributed by atoms with van der Waals surface area (Å²) in [5.41, 5.74) is 3.82. The van der Waals surface area contributed by atoms with Gasteiger partial charge in [0.05, 0.1) is 6.21 Å². The SMILES string of the molecule is CCCCC(=O)NN=Cc1ccccc1OS(=O)(=O)c1ccc(C)cc1. The number of para-hydroxylation sites is 1. The number of benzene rings is 2. The highest BCUT2D eigenvalue weighted by Gasteiger charge is 2.17. The Morgan fingerprint density at radius 2 is 1.85 bits per heavy atom. The highest BCUT2D eigenvalue weighted by molar-refractivity contribution is 7.87. The Labute approximate surface area is 154 Å². The molecule has 0 aliphatic heterocycles. The van der Waals surface area contributed by atoms with Crippen molar-refractivity contribution in [2.75, 3.05) is 0 Å². The first-order chi connectivity index (χ1) is 12.4. The lowest BCUT2D eigenvalue weighted by Gasteiger charge is -2.09. The van der Waals surface area contributed by atoms with E-state index in [1.165, 1.54) is 24.4 Å². The van der Waals surface area contributed by atoms with E-state index in [9.17, 15) is 13.2 Å². The number of carbonyl (C=O) groups is 1. The van der Waals surface area contributed by atoms with Gasteiger partial charge in [-0.1, -0.05) is 43.2 Å². The van der Waals surface area contributed by atoms with Gasteiger partial charge in [-0.25, -0.2) is 5.43 Å². The highest BCUT2D eigenvalue weighted by Crippen LogP contribution is 2.22. The largest absolute Gasteiger partial charge is 0.378 e. The van der Waals surface area contributed by atoms with E-state index in [-0.39, 0.29) is 16.6 Å². The maximum atomic E-state index is 12.4. The standard InChI is InChI=1S/C19H22N2O4S/c1-3-4-9-19(22)21-20-14-16-7-5-6-8-18(16)25-26(23,24)17-12-10-15(2)11-13-17/h5-8,10-14H,3-4,9H2,1-2H3,(H,21,22). The van der Waals surface area contributed by atoms with Gasteiger partial charge in [-0.05, 0) is 37.6 Å². The monoisotopic (exact) mass is 374 g/mol. The van der Waals surface area contributed by atoms with Crippen molar-refractivity contribution in [3.8, 4) is 5.75 Å². The van der Waals surface area contributed by atoms with E-state index >= 15 is 0 Å². The van der Waals surface area contributed by atoms with Gasteiger partial charge in [-0.2, -0.15) is 13.5 Å². The number of carbonyl (C=O) groups excluding carboxylic acids is 1. The van der Waals surface area contributed by atoms with Gasteiger partial charge >= 0.3 is 10.1 Å². The van der Waals surface area contributed by atoms with Crippen LogP contribution >= 0.6 is 0 Å². The Morgan fingerprint density at radius 3 is 2.54 bits per heavy atom. The van der Waals surface area contributed by atoms with Crippen LogP contribution in [-0.2, 0) is 14.9 Å². The molecule has 0 aliphatic rings. The molecule has 0 saturated carbocycles. The van der Waals surface area contributed by atoms with E-state index in [1.807, 2.05) is 13.8 Å². The smallest absolute Gasteiger partial charge is 0.339 e. The molecule has 0 atom stereocenters. The van der Waals surface area contributed by atoms with Crippen LogP contribution < -0.4 is 9.61 Å². The maximum absolute atomic E-state index is 12.4. The fourth-order valence-electron chi connectivity index (χ4n) is 2.10. The van der Waals surface area contributed by atoms with Gasteiger partial charge in [0, 0.05) is 12.0 Å². The molecule has 6 nitrogen and oxygen atoms in total. The summed E-state index contributed by atoms with van der Waals surface area (Å²) in [6.07, 6.45) is 3.47. The van der Waals surface area contributed by atoms with E-state index in [0.717, 1.165) is 18.4 Å². The third-order valence-corrected chi connectivity index (χ3v) is 4.83. The van der Waals surface area contributed by atoms with E-state index in [0.29, 0.717) is 12.0 Å². The third-order valence-electron chi connectivity index (χ3n) is 3.58. The lowest BCUT2D eigenvalue weighted by atomic mass is 10.2. The van der Waals surface area contributed by atoms with Crippen molar-refractivity contribution in [3.63, 3.8) is 0 Å². The lowest BCUT2D eigenvalue weighted by molar-refractivity contribution is -0.121. The predicted molar refractivity (Wildman–Crippen MR) is 101 cm³/mol. The summed E-state index contributed by atoms with van der Waals surface area (Å²) < 4.78 is 30.1. The molecule has 0 heterocycles. The predicted octanol–water partition coefficient (Wildman–Crippen LogP) is 3.40. The van der Waals surface area contributed by atoms with Crippen LogP contribution in [0.5, 0.6) is 5.75 Å². The van der Waals surface area contributed by atoms with Gasteiger partial charge in [0.15, 0.2) is 5.75 Å². The summed E-state index contributed by atoms with van der Waals surface area (Å²) in [5, 5.41) is 3.87. The normalized spacial score (nSPS) is 11.5. The van der Waals surface area contributed by atoms with Crippen LogP contribution in [0.25, 0.3) is 0 Å². The van der Waals surface area contributed by atoms with Crippen LogP contribution in [-0.4, -0.2) is 20.5 Å². The van der Waals surface area contributed by atoms with Gasteiger partial charge in [-0.15, -0.1) is 0 Å². The lowest BCUT2D eigenvalue weighted by Crippen LogP contribution is -2.17. The Hall–Kier alpha value is -2.67. The van der Waals surface area contributed by atoms with Crippen LogP contribution in [0, 0.1) is 6.92 Å². The van der Waals surface area contributed by atoms with Crippen molar-refractivity contribution in [1.29, 1.82) is 0 Å². The van der Waals surface area contributed by atoms with Gasteiger partial charge < -0.3 is 4.18 Å². The molecule has 7 heteroatoms. The summed E-state index contributed by atoms with van der Waals surface area (Å²) in [6.45, 7) is 3.87. The molecule has 26 heavy (non-hydrogen) atoms. The quantitative estimate of drug-likeness (QED) is 0.436. The molecule has 2 rings (SSSR count). The zero-order valence-corrected chi connectivity index (χ0v) is 15.6. The molecule has 1 N–H and O–H groups in total. The van der Waals surface area contributed by atoms with Gasteiger partial charge in [-0.3, -0.25) is 4.79 Å². The number of hydrogen-bond acceptors (Lipinski definition) is 5. The van der Waals surface area contributed by atoms with Gasteiger partial charge in [0.1, 0.15) is 4.90 Å². The molecule has 0 saturated heterocycles. The minimum atomic E-state index is -3.95. The van der Waals surface area contributed by atoms with E-state index < -0.39 is 10.1 Å². The van der Waals surface area contributed by atoms with Crippen LogP contribution in [0.15, 0.2) is 58.5 Å². The van der Waals surface area contributed by atoms with Gasteiger partial charge in [0.2, 0.25) is 5.91 Å². The molecule has 2 aromatic rings. The van der Waals surface area contributed by atoms with E-state index in [1.54, 1.807) is 30.3 Å². The number of hydrazone groups is 1. The van der Waals surface area contributed by atoms with Crippen molar-refractivity contribution in [2.45, 2.75) is 38.0 Å². The van der Waals surface area contributed by atoms with Crippen LogP contribution in [0.2, 0.25) is 0 Å². The van der Waals surface area contributed by atoms with Crippen molar-refractivity contribution in [1.82, 2.24) is 5.43 Å². The molecule has 0 aliphatic carbocycles. The second kappa shape index (κ2) is 9.15. The van der Waals surface area contributed by atoms with E-state index in [4.69, 9.17) is 4.18 Å². The molecule has 2 aromatic carbocycles. The first-order valence-electron chi connectivity index (χ1n) is 8.34. The van der Waals surface area contributed by atoms with Crippen molar-refractivity contribution >= 4 is 22.2 Å². The first kappa shape index (κ1) is 19.7. The highest BCUT2D eigenvalue weighted by atomic mass is 32.2. The second-order valence-electron chi connectivity index (χ2n) is 5.79. The molecule has 0 fully saturated rings. The molecule has 138 valence electrons. The average molecular weight is 374 g/mol.